The van der Waals surface area contributed by atoms with Crippen molar-refractivity contribution in [1.29, 1.82) is 0 Å². The minimum absolute atomic E-state index is 0.301. The van der Waals surface area contributed by atoms with Crippen LogP contribution in [0.1, 0.15) is 62.0 Å². The molecule has 0 spiro atoms. The molecule has 2 aromatic heterocycles. The summed E-state index contributed by atoms with van der Waals surface area (Å²) in [5, 5.41) is 9.06. The summed E-state index contributed by atoms with van der Waals surface area (Å²) in [5.41, 5.74) is 7.43. The van der Waals surface area contributed by atoms with E-state index in [2.05, 4.69) is 34.1 Å². The van der Waals surface area contributed by atoms with E-state index in [-0.39, 0.29) is 5.41 Å². The van der Waals surface area contributed by atoms with Crippen LogP contribution in [0.4, 0.5) is 0 Å². The number of hydrogen-bond acceptors (Lipinski definition) is 8. The molecule has 0 saturated carbocycles. The Morgan fingerprint density at radius 1 is 0.634 bits per heavy atom. The molecule has 0 aliphatic heterocycles. The molecule has 0 unspecified atom stereocenters. The van der Waals surface area contributed by atoms with Crippen molar-refractivity contribution in [3.8, 4) is 22.8 Å². The second-order valence-corrected chi connectivity index (χ2v) is 11.4. The lowest BCUT2D eigenvalue weighted by molar-refractivity contribution is -0.000311. The Balaban J connectivity index is 1.10. The molecule has 8 heteroatoms. The quantitative estimate of drug-likeness (QED) is 0.236. The van der Waals surface area contributed by atoms with Crippen LogP contribution in [0.25, 0.3) is 22.8 Å². The highest BCUT2D eigenvalue weighted by atomic mass is 16.6. The molecule has 2 heterocycles. The van der Waals surface area contributed by atoms with Crippen LogP contribution in [0, 0.1) is 5.41 Å². The average molecular weight is 547 g/mol. The van der Waals surface area contributed by atoms with Gasteiger partial charge >= 0.3 is 0 Å². The van der Waals surface area contributed by atoms with Gasteiger partial charge in [-0.15, -0.1) is 0 Å². The molecule has 2 aromatic carbocycles. The van der Waals surface area contributed by atoms with Gasteiger partial charge in [0, 0.05) is 28.9 Å². The van der Waals surface area contributed by atoms with Gasteiger partial charge in [0.05, 0.1) is 11.4 Å². The Morgan fingerprint density at radius 3 is 1.51 bits per heavy atom. The van der Waals surface area contributed by atoms with Crippen LogP contribution in [-0.2, 0) is 22.5 Å². The predicted octanol–water partition coefficient (Wildman–Crippen LogP) is 6.44. The van der Waals surface area contributed by atoms with Crippen molar-refractivity contribution < 1.29 is 9.68 Å². The standard InChI is InChI=1S/C33H34N6O2/c1-33(2,21-40-38-27-17-9-15-25-19-34-31(36-29(25)27)23-11-5-3-6-12-23)22-41-39-28-18-10-16-26-20-35-32(37-30(26)28)24-13-7-4-8-14-24/h3-8,11-14,19-20H,9-10,15-18,21-22H2,1-2H3. The number of aromatic nitrogens is 4. The monoisotopic (exact) mass is 546 g/mol. The Bertz CT molecular complexity index is 1450. The molecule has 0 N–H and O–H groups in total. The van der Waals surface area contributed by atoms with Crippen LogP contribution in [0.5, 0.6) is 0 Å². The summed E-state index contributed by atoms with van der Waals surface area (Å²) in [5.74, 6) is 1.41. The Kier molecular flexibility index (Phi) is 7.80. The summed E-state index contributed by atoms with van der Waals surface area (Å²) in [6, 6.07) is 20.0. The van der Waals surface area contributed by atoms with E-state index in [1.54, 1.807) is 0 Å². The van der Waals surface area contributed by atoms with Gasteiger partial charge in [0.25, 0.3) is 0 Å². The lowest BCUT2D eigenvalue weighted by Gasteiger charge is -2.23. The van der Waals surface area contributed by atoms with Gasteiger partial charge in [0.1, 0.15) is 24.6 Å². The maximum absolute atomic E-state index is 5.88. The van der Waals surface area contributed by atoms with Crippen LogP contribution in [0.3, 0.4) is 0 Å². The average Bonchev–Trinajstić information content (AvgIpc) is 3.01. The van der Waals surface area contributed by atoms with Crippen molar-refractivity contribution >= 4 is 11.4 Å². The molecule has 208 valence electrons. The molecule has 2 aliphatic carbocycles. The summed E-state index contributed by atoms with van der Waals surface area (Å²) in [4.78, 5) is 30.6. The second-order valence-electron chi connectivity index (χ2n) is 11.4. The molecule has 41 heavy (non-hydrogen) atoms. The summed E-state index contributed by atoms with van der Waals surface area (Å²) in [6.07, 6.45) is 9.41. The van der Waals surface area contributed by atoms with E-state index in [1.165, 1.54) is 0 Å². The number of hydrogen-bond donors (Lipinski definition) is 0. The van der Waals surface area contributed by atoms with Gasteiger partial charge in [-0.3, -0.25) is 0 Å². The zero-order valence-corrected chi connectivity index (χ0v) is 23.6. The van der Waals surface area contributed by atoms with Gasteiger partial charge in [-0.1, -0.05) is 84.8 Å². The third-order valence-electron chi connectivity index (χ3n) is 7.32. The van der Waals surface area contributed by atoms with E-state index >= 15 is 0 Å². The van der Waals surface area contributed by atoms with Crippen molar-refractivity contribution in [3.05, 3.63) is 95.6 Å². The normalized spacial score (nSPS) is 16.7. The zero-order chi connectivity index (χ0) is 28.1. The number of oxime groups is 2. The largest absolute Gasteiger partial charge is 0.395 e. The fourth-order valence-corrected chi connectivity index (χ4v) is 5.05. The third kappa shape index (κ3) is 6.32. The van der Waals surface area contributed by atoms with Gasteiger partial charge in [-0.05, 0) is 49.7 Å². The SMILES string of the molecule is CC(C)(CON=C1CCCc2cnc(-c3ccccc3)nc21)CON=C1CCCc2cnc(-c3ccccc3)nc21. The number of rotatable bonds is 8. The molecular formula is C33H34N6O2. The van der Waals surface area contributed by atoms with Crippen molar-refractivity contribution in [2.45, 2.75) is 52.4 Å². The van der Waals surface area contributed by atoms with Crippen LogP contribution in [-0.4, -0.2) is 44.6 Å². The van der Waals surface area contributed by atoms with Gasteiger partial charge in [0.15, 0.2) is 11.6 Å². The van der Waals surface area contributed by atoms with Gasteiger partial charge < -0.3 is 9.68 Å². The topological polar surface area (TPSA) is 94.7 Å². The summed E-state index contributed by atoms with van der Waals surface area (Å²) in [7, 11) is 0. The Morgan fingerprint density at radius 2 is 1.07 bits per heavy atom. The molecular weight excluding hydrogens is 512 g/mol. The van der Waals surface area contributed by atoms with E-state index in [4.69, 9.17) is 19.6 Å². The molecule has 0 bridgehead atoms. The van der Waals surface area contributed by atoms with E-state index in [0.717, 1.165) is 83.6 Å². The maximum Gasteiger partial charge on any atom is 0.159 e. The summed E-state index contributed by atoms with van der Waals surface area (Å²) in [6.45, 7) is 4.96. The van der Waals surface area contributed by atoms with Crippen LogP contribution in [0.2, 0.25) is 0 Å². The van der Waals surface area contributed by atoms with E-state index in [0.29, 0.717) is 24.9 Å². The predicted molar refractivity (Wildman–Crippen MR) is 160 cm³/mol. The first kappa shape index (κ1) is 26.7. The first-order valence-electron chi connectivity index (χ1n) is 14.3. The summed E-state index contributed by atoms with van der Waals surface area (Å²) >= 11 is 0. The van der Waals surface area contributed by atoms with E-state index in [9.17, 15) is 0 Å². The second kappa shape index (κ2) is 12.0. The van der Waals surface area contributed by atoms with Crippen LogP contribution >= 0.6 is 0 Å². The zero-order valence-electron chi connectivity index (χ0n) is 23.6. The molecule has 0 fully saturated rings. The number of benzene rings is 2. The van der Waals surface area contributed by atoms with Gasteiger partial charge in [-0.2, -0.15) is 0 Å². The number of nitrogens with zero attached hydrogens (tertiary/aromatic N) is 6. The molecule has 0 amide bonds. The molecule has 0 radical (unpaired) electrons. The van der Waals surface area contributed by atoms with E-state index in [1.807, 2.05) is 73.1 Å². The van der Waals surface area contributed by atoms with Gasteiger partial charge in [-0.25, -0.2) is 19.9 Å². The Labute approximate surface area is 240 Å². The van der Waals surface area contributed by atoms with Crippen molar-refractivity contribution in [1.82, 2.24) is 19.9 Å². The smallest absolute Gasteiger partial charge is 0.159 e. The van der Waals surface area contributed by atoms with Crippen LogP contribution in [0.15, 0.2) is 83.4 Å². The molecule has 6 rings (SSSR count). The minimum Gasteiger partial charge on any atom is -0.395 e. The van der Waals surface area contributed by atoms with Crippen molar-refractivity contribution in [3.63, 3.8) is 0 Å². The highest BCUT2D eigenvalue weighted by Gasteiger charge is 2.24. The molecule has 0 saturated heterocycles. The first-order valence-corrected chi connectivity index (χ1v) is 14.3. The van der Waals surface area contributed by atoms with Gasteiger partial charge in [0.2, 0.25) is 0 Å². The lowest BCUT2D eigenvalue weighted by Crippen LogP contribution is -2.25. The van der Waals surface area contributed by atoms with E-state index < -0.39 is 0 Å². The number of aryl methyl sites for hydroxylation is 2. The minimum atomic E-state index is -0.301. The van der Waals surface area contributed by atoms with Crippen LogP contribution < -0.4 is 0 Å². The lowest BCUT2D eigenvalue weighted by atomic mass is 9.95. The highest BCUT2D eigenvalue weighted by molar-refractivity contribution is 6.01. The van der Waals surface area contributed by atoms with Crippen molar-refractivity contribution in [2.24, 2.45) is 15.7 Å². The molecule has 0 atom stereocenters. The first-order chi connectivity index (χ1) is 20.1. The third-order valence-corrected chi connectivity index (χ3v) is 7.32. The highest BCUT2D eigenvalue weighted by Crippen LogP contribution is 2.26. The fourth-order valence-electron chi connectivity index (χ4n) is 5.05. The molecule has 8 nitrogen and oxygen atoms in total. The molecule has 4 aromatic rings. The fraction of sp³-hybridized carbons (Fsp3) is 0.333. The summed E-state index contributed by atoms with van der Waals surface area (Å²) < 4.78 is 0. The molecule has 2 aliphatic rings. The maximum atomic E-state index is 5.88. The Hall–Kier alpha value is -4.46. The number of fused-ring (bicyclic) bond motifs is 2. The van der Waals surface area contributed by atoms with Crippen molar-refractivity contribution in [2.75, 3.05) is 13.2 Å².